The van der Waals surface area contributed by atoms with Crippen LogP contribution in [0.25, 0.3) is 0 Å². The van der Waals surface area contributed by atoms with Gasteiger partial charge in [-0.05, 0) is 33.6 Å². The van der Waals surface area contributed by atoms with Crippen LogP contribution >= 0.6 is 0 Å². The molecular weight excluding hydrogens is 230 g/mol. The van der Waals surface area contributed by atoms with E-state index < -0.39 is 11.7 Å². The van der Waals surface area contributed by atoms with Gasteiger partial charge in [-0.15, -0.1) is 0 Å². The molecule has 0 aromatic carbocycles. The van der Waals surface area contributed by atoms with Crippen molar-refractivity contribution in [3.05, 3.63) is 12.2 Å². The summed E-state index contributed by atoms with van der Waals surface area (Å²) in [6.45, 7) is 9.43. The van der Waals surface area contributed by atoms with Crippen LogP contribution in [-0.4, -0.2) is 24.0 Å². The van der Waals surface area contributed by atoms with E-state index in [-0.39, 0.29) is 12.0 Å². The lowest BCUT2D eigenvalue weighted by atomic mass is 9.90. The lowest BCUT2D eigenvalue weighted by molar-refractivity contribution is -0.111. The lowest BCUT2D eigenvalue weighted by Gasteiger charge is -2.27. The Morgan fingerprint density at radius 2 is 1.83 bits per heavy atom. The van der Waals surface area contributed by atoms with Crippen molar-refractivity contribution in [2.75, 3.05) is 0 Å². The molecular formula is C14H25NO3. The number of allylic oxidation sites excluding steroid dienone is 1. The molecule has 1 amide bonds. The maximum absolute atomic E-state index is 11.5. The van der Waals surface area contributed by atoms with Crippen LogP contribution in [0.2, 0.25) is 0 Å². The Balaban J connectivity index is 0.00000137. The zero-order chi connectivity index (χ0) is 14.2. The molecule has 0 saturated carbocycles. The summed E-state index contributed by atoms with van der Waals surface area (Å²) in [6, 6.07) is -0.141. The van der Waals surface area contributed by atoms with E-state index in [1.54, 1.807) is 0 Å². The summed E-state index contributed by atoms with van der Waals surface area (Å²) in [5.41, 5.74) is -0.509. The summed E-state index contributed by atoms with van der Waals surface area (Å²) in [6.07, 6.45) is 5.74. The minimum atomic E-state index is -0.509. The van der Waals surface area contributed by atoms with Crippen molar-refractivity contribution in [3.8, 4) is 0 Å². The molecule has 0 aromatic rings. The zero-order valence-electron chi connectivity index (χ0n) is 12.0. The Hall–Kier alpha value is -1.32. The predicted octanol–water partition coefficient (Wildman–Crippen LogP) is 3.07. The van der Waals surface area contributed by atoms with Crippen molar-refractivity contribution in [2.45, 2.75) is 59.1 Å². The molecule has 0 heterocycles. The minimum Gasteiger partial charge on any atom is -0.444 e. The largest absolute Gasteiger partial charge is 0.444 e. The van der Waals surface area contributed by atoms with Gasteiger partial charge in [-0.25, -0.2) is 4.79 Å². The van der Waals surface area contributed by atoms with Gasteiger partial charge in [-0.3, -0.25) is 0 Å². The Bertz CT molecular complexity index is 292. The number of aldehydes is 1. The van der Waals surface area contributed by atoms with Gasteiger partial charge < -0.3 is 14.8 Å². The molecule has 1 aliphatic carbocycles. The average Bonchev–Trinajstić information content (AvgIpc) is 2.30. The second-order valence-electron chi connectivity index (χ2n) is 5.00. The monoisotopic (exact) mass is 255 g/mol. The molecule has 2 atom stereocenters. The summed E-state index contributed by atoms with van der Waals surface area (Å²) in [5, 5.41) is 2.73. The van der Waals surface area contributed by atoms with Gasteiger partial charge in [0.15, 0.2) is 0 Å². The van der Waals surface area contributed by atoms with Gasteiger partial charge >= 0.3 is 6.09 Å². The molecule has 1 rings (SSSR count). The van der Waals surface area contributed by atoms with Gasteiger partial charge in [-0.2, -0.15) is 0 Å². The number of carbonyl (C=O) groups is 2. The highest BCUT2D eigenvalue weighted by Gasteiger charge is 2.25. The van der Waals surface area contributed by atoms with E-state index in [1.807, 2.05) is 46.8 Å². The summed E-state index contributed by atoms with van der Waals surface area (Å²) in [7, 11) is 0. The third-order valence-electron chi connectivity index (χ3n) is 2.36. The van der Waals surface area contributed by atoms with Crippen molar-refractivity contribution in [3.63, 3.8) is 0 Å². The van der Waals surface area contributed by atoms with E-state index >= 15 is 0 Å². The summed E-state index contributed by atoms with van der Waals surface area (Å²) in [5.74, 6) is -0.141. The van der Waals surface area contributed by atoms with Crippen LogP contribution < -0.4 is 5.32 Å². The van der Waals surface area contributed by atoms with E-state index in [9.17, 15) is 9.59 Å². The van der Waals surface area contributed by atoms with Gasteiger partial charge in [0.2, 0.25) is 0 Å². The second-order valence-corrected chi connectivity index (χ2v) is 5.00. The molecule has 0 saturated heterocycles. The van der Waals surface area contributed by atoms with Gasteiger partial charge in [0.1, 0.15) is 11.9 Å². The molecule has 0 radical (unpaired) electrons. The first kappa shape index (κ1) is 16.7. The molecule has 18 heavy (non-hydrogen) atoms. The maximum Gasteiger partial charge on any atom is 0.407 e. The van der Waals surface area contributed by atoms with Crippen LogP contribution in [0, 0.1) is 5.92 Å². The number of hydrogen-bond acceptors (Lipinski definition) is 3. The fraction of sp³-hybridized carbons (Fsp3) is 0.714. The van der Waals surface area contributed by atoms with E-state index in [4.69, 9.17) is 4.74 Å². The van der Waals surface area contributed by atoms with Crippen molar-refractivity contribution in [2.24, 2.45) is 5.92 Å². The molecule has 0 fully saturated rings. The maximum atomic E-state index is 11.5. The SMILES string of the molecule is CC.CC(C)(C)OC(=O)NC1CC=CCC1C=O. The predicted molar refractivity (Wildman–Crippen MR) is 72.4 cm³/mol. The quantitative estimate of drug-likeness (QED) is 0.609. The van der Waals surface area contributed by atoms with Crippen LogP contribution in [0.4, 0.5) is 4.79 Å². The highest BCUT2D eigenvalue weighted by molar-refractivity contribution is 5.69. The first-order valence-electron chi connectivity index (χ1n) is 6.52. The zero-order valence-corrected chi connectivity index (χ0v) is 12.0. The van der Waals surface area contributed by atoms with Crippen molar-refractivity contribution in [1.29, 1.82) is 0 Å². The molecule has 4 nitrogen and oxygen atoms in total. The van der Waals surface area contributed by atoms with E-state index in [2.05, 4.69) is 5.32 Å². The lowest BCUT2D eigenvalue weighted by Crippen LogP contribution is -2.44. The Labute approximate surface area is 110 Å². The average molecular weight is 255 g/mol. The third kappa shape index (κ3) is 6.42. The molecule has 2 unspecified atom stereocenters. The van der Waals surface area contributed by atoms with Gasteiger partial charge in [0.05, 0.1) is 0 Å². The smallest absolute Gasteiger partial charge is 0.407 e. The summed E-state index contributed by atoms with van der Waals surface area (Å²) < 4.78 is 5.14. The fourth-order valence-corrected chi connectivity index (χ4v) is 1.61. The highest BCUT2D eigenvalue weighted by atomic mass is 16.6. The molecule has 4 heteroatoms. The van der Waals surface area contributed by atoms with Gasteiger partial charge in [-0.1, -0.05) is 26.0 Å². The minimum absolute atomic E-state index is 0.141. The number of alkyl carbamates (subject to hydrolysis) is 1. The standard InChI is InChI=1S/C12H19NO3.C2H6/c1-12(2,3)16-11(15)13-10-7-5-4-6-9(10)8-14;1-2/h4-5,8-10H,6-7H2,1-3H3,(H,13,15);1-2H3. The number of nitrogens with one attached hydrogen (secondary N) is 1. The van der Waals surface area contributed by atoms with E-state index in [0.29, 0.717) is 12.8 Å². The topological polar surface area (TPSA) is 55.4 Å². The number of amides is 1. The summed E-state index contributed by atoms with van der Waals surface area (Å²) >= 11 is 0. The molecule has 104 valence electrons. The molecule has 0 aliphatic heterocycles. The molecule has 0 bridgehead atoms. The van der Waals surface area contributed by atoms with Crippen LogP contribution in [0.15, 0.2) is 12.2 Å². The van der Waals surface area contributed by atoms with E-state index in [1.165, 1.54) is 0 Å². The first-order valence-corrected chi connectivity index (χ1v) is 6.52. The number of carbonyl (C=O) groups excluding carboxylic acids is 2. The van der Waals surface area contributed by atoms with Gasteiger partial charge in [0, 0.05) is 12.0 Å². The Morgan fingerprint density at radius 1 is 1.28 bits per heavy atom. The number of ether oxygens (including phenoxy) is 1. The van der Waals surface area contributed by atoms with Crippen molar-refractivity contribution >= 4 is 12.4 Å². The van der Waals surface area contributed by atoms with Crippen molar-refractivity contribution < 1.29 is 14.3 Å². The van der Waals surface area contributed by atoms with Crippen LogP contribution in [0.5, 0.6) is 0 Å². The molecule has 0 aromatic heterocycles. The fourth-order valence-electron chi connectivity index (χ4n) is 1.61. The van der Waals surface area contributed by atoms with Crippen LogP contribution in [-0.2, 0) is 9.53 Å². The Morgan fingerprint density at radius 3 is 2.33 bits per heavy atom. The third-order valence-corrected chi connectivity index (χ3v) is 2.36. The van der Waals surface area contributed by atoms with Crippen LogP contribution in [0.3, 0.4) is 0 Å². The highest BCUT2D eigenvalue weighted by Crippen LogP contribution is 2.17. The first-order chi connectivity index (χ1) is 8.42. The van der Waals surface area contributed by atoms with Crippen molar-refractivity contribution in [1.82, 2.24) is 5.32 Å². The second kappa shape index (κ2) is 7.90. The Kier molecular flexibility index (Phi) is 7.32. The number of rotatable bonds is 2. The molecule has 0 spiro atoms. The molecule has 1 N–H and O–H groups in total. The van der Waals surface area contributed by atoms with Crippen LogP contribution in [0.1, 0.15) is 47.5 Å². The van der Waals surface area contributed by atoms with Gasteiger partial charge in [0.25, 0.3) is 0 Å². The van der Waals surface area contributed by atoms with E-state index in [0.717, 1.165) is 6.29 Å². The molecule has 1 aliphatic rings. The normalized spacial score (nSPS) is 22.5. The summed E-state index contributed by atoms with van der Waals surface area (Å²) in [4.78, 5) is 22.3. The number of hydrogen-bond donors (Lipinski definition) is 1.